The van der Waals surface area contributed by atoms with Gasteiger partial charge in [0.25, 0.3) is 0 Å². The van der Waals surface area contributed by atoms with Gasteiger partial charge >= 0.3 is 5.97 Å². The number of hydrogen-bond donors (Lipinski definition) is 1. The molecule has 2 aromatic carbocycles. The average molecular weight is 358 g/mol. The van der Waals surface area contributed by atoms with Crippen LogP contribution in [0.4, 0.5) is 0 Å². The summed E-state index contributed by atoms with van der Waals surface area (Å²) in [6.07, 6.45) is 0.206. The topological polar surface area (TPSA) is 68.4 Å². The van der Waals surface area contributed by atoms with E-state index in [1.54, 1.807) is 56.5 Å². The first-order valence-corrected chi connectivity index (χ1v) is 8.12. The number of benzene rings is 2. The van der Waals surface area contributed by atoms with Crippen LogP contribution in [0.5, 0.6) is 11.5 Å². The molecule has 0 spiro atoms. The zero-order valence-corrected chi connectivity index (χ0v) is 14.5. The average Bonchev–Trinajstić information content (AvgIpc) is 2.99. The number of ketones is 1. The van der Waals surface area contributed by atoms with Crippen molar-refractivity contribution >= 4 is 34.3 Å². The Bertz CT molecular complexity index is 944. The fourth-order valence-electron chi connectivity index (χ4n) is 2.48. The van der Waals surface area contributed by atoms with Gasteiger partial charge in [0.15, 0.2) is 5.75 Å². The molecular formula is C19H16ClNO4. The Morgan fingerprint density at radius 1 is 1.12 bits per heavy atom. The number of aromatic amines is 1. The molecule has 3 aromatic rings. The quantitative estimate of drug-likeness (QED) is 0.543. The maximum Gasteiger partial charge on any atom is 0.310 e. The minimum Gasteiger partial charge on any atom is -0.497 e. The lowest BCUT2D eigenvalue weighted by Crippen LogP contribution is -2.10. The normalized spacial score (nSPS) is 10.7. The number of aromatic nitrogens is 1. The van der Waals surface area contributed by atoms with Gasteiger partial charge in [-0.1, -0.05) is 18.5 Å². The van der Waals surface area contributed by atoms with Crippen molar-refractivity contribution in [2.45, 2.75) is 13.3 Å². The molecule has 0 aliphatic heterocycles. The molecule has 1 N–H and O–H groups in total. The molecule has 0 saturated heterocycles. The molecular weight excluding hydrogens is 342 g/mol. The monoisotopic (exact) mass is 357 g/mol. The van der Waals surface area contributed by atoms with Crippen LogP contribution >= 0.6 is 11.6 Å². The summed E-state index contributed by atoms with van der Waals surface area (Å²) in [5.74, 6) is 0.157. The third-order valence-corrected chi connectivity index (χ3v) is 4.05. The molecule has 0 unspecified atom stereocenters. The lowest BCUT2D eigenvalue weighted by molar-refractivity contribution is -0.133. The summed E-state index contributed by atoms with van der Waals surface area (Å²) in [5, 5.41) is 1.18. The van der Waals surface area contributed by atoms with Crippen molar-refractivity contribution in [2.24, 2.45) is 0 Å². The van der Waals surface area contributed by atoms with Crippen LogP contribution in [0, 0.1) is 0 Å². The van der Waals surface area contributed by atoms with E-state index in [1.165, 1.54) is 0 Å². The first-order valence-electron chi connectivity index (χ1n) is 7.74. The minimum atomic E-state index is -0.415. The molecule has 1 heterocycles. The van der Waals surface area contributed by atoms with Gasteiger partial charge in [-0.15, -0.1) is 0 Å². The molecule has 1 aromatic heterocycles. The zero-order chi connectivity index (χ0) is 18.0. The predicted molar refractivity (Wildman–Crippen MR) is 95.7 cm³/mol. The summed E-state index contributed by atoms with van der Waals surface area (Å²) in [6.45, 7) is 1.70. The van der Waals surface area contributed by atoms with Crippen LogP contribution in [0.15, 0.2) is 42.5 Å². The Morgan fingerprint density at radius 3 is 2.48 bits per heavy atom. The van der Waals surface area contributed by atoms with Crippen molar-refractivity contribution in [1.29, 1.82) is 0 Å². The summed E-state index contributed by atoms with van der Waals surface area (Å²) in [7, 11) is 1.56. The van der Waals surface area contributed by atoms with Crippen LogP contribution in [-0.2, 0) is 4.79 Å². The number of ether oxygens (including phenoxy) is 2. The highest BCUT2D eigenvalue weighted by Gasteiger charge is 2.22. The van der Waals surface area contributed by atoms with Gasteiger partial charge in [-0.3, -0.25) is 9.59 Å². The summed E-state index contributed by atoms with van der Waals surface area (Å²) in [5.41, 5.74) is 1.31. The Hall–Kier alpha value is -2.79. The number of carbonyl (C=O) groups is 2. The van der Waals surface area contributed by atoms with Crippen LogP contribution in [0.1, 0.15) is 29.4 Å². The van der Waals surface area contributed by atoms with Gasteiger partial charge in [0.1, 0.15) is 11.4 Å². The van der Waals surface area contributed by atoms with E-state index in [1.807, 2.05) is 0 Å². The lowest BCUT2D eigenvalue weighted by Gasteiger charge is -2.05. The first kappa shape index (κ1) is 17.0. The number of hydrogen-bond acceptors (Lipinski definition) is 4. The molecule has 0 bridgehead atoms. The number of rotatable bonds is 5. The molecule has 0 atom stereocenters. The van der Waals surface area contributed by atoms with Gasteiger partial charge in [-0.05, 0) is 36.4 Å². The molecule has 0 aliphatic carbocycles. The van der Waals surface area contributed by atoms with Crippen LogP contribution in [-0.4, -0.2) is 23.8 Å². The second kappa shape index (κ2) is 6.99. The van der Waals surface area contributed by atoms with Gasteiger partial charge in [0, 0.05) is 28.5 Å². The second-order valence-electron chi connectivity index (χ2n) is 5.40. The molecule has 25 heavy (non-hydrogen) atoms. The van der Waals surface area contributed by atoms with E-state index in [2.05, 4.69) is 4.98 Å². The van der Waals surface area contributed by atoms with Crippen molar-refractivity contribution in [1.82, 2.24) is 4.98 Å². The number of nitrogens with one attached hydrogen (secondary N) is 1. The van der Waals surface area contributed by atoms with Crippen molar-refractivity contribution in [2.75, 3.05) is 7.11 Å². The summed E-state index contributed by atoms with van der Waals surface area (Å²) < 4.78 is 10.6. The van der Waals surface area contributed by atoms with E-state index < -0.39 is 5.97 Å². The van der Waals surface area contributed by atoms with Gasteiger partial charge in [0.05, 0.1) is 12.6 Å². The Labute approximate surface area is 149 Å². The molecule has 128 valence electrons. The molecule has 0 fully saturated rings. The fourth-order valence-corrected chi connectivity index (χ4v) is 2.60. The van der Waals surface area contributed by atoms with E-state index in [-0.39, 0.29) is 23.6 Å². The minimum absolute atomic E-state index is 0.206. The maximum atomic E-state index is 12.9. The molecule has 3 rings (SSSR count). The number of methoxy groups -OCH3 is 1. The number of esters is 1. The van der Waals surface area contributed by atoms with E-state index >= 15 is 0 Å². The Balaban J connectivity index is 2.14. The highest BCUT2D eigenvalue weighted by atomic mass is 35.5. The number of fused-ring (bicyclic) bond motifs is 1. The third kappa shape index (κ3) is 3.37. The number of halogens is 1. The predicted octanol–water partition coefficient (Wildman–Crippen LogP) is 4.38. The number of H-pyrrole nitrogens is 1. The van der Waals surface area contributed by atoms with Gasteiger partial charge in [-0.25, -0.2) is 0 Å². The summed E-state index contributed by atoms with van der Waals surface area (Å²) in [6, 6.07) is 11.8. The third-order valence-electron chi connectivity index (χ3n) is 3.80. The highest BCUT2D eigenvalue weighted by molar-refractivity contribution is 6.30. The van der Waals surface area contributed by atoms with Crippen molar-refractivity contribution in [3.8, 4) is 11.5 Å². The molecule has 0 saturated carbocycles. The van der Waals surface area contributed by atoms with E-state index in [0.717, 1.165) is 0 Å². The van der Waals surface area contributed by atoms with Crippen LogP contribution in [0.25, 0.3) is 10.9 Å². The highest BCUT2D eigenvalue weighted by Crippen LogP contribution is 2.34. The van der Waals surface area contributed by atoms with Crippen molar-refractivity contribution < 1.29 is 19.1 Å². The Kier molecular flexibility index (Phi) is 4.76. The SMILES string of the molecule is CCC(=O)Oc1c(C(=O)c2ccc(Cl)cc2)[nH]c2cc(OC)ccc12. The zero-order valence-electron chi connectivity index (χ0n) is 13.8. The van der Waals surface area contributed by atoms with Crippen molar-refractivity contribution in [3.63, 3.8) is 0 Å². The van der Waals surface area contributed by atoms with Crippen molar-refractivity contribution in [3.05, 3.63) is 58.7 Å². The van der Waals surface area contributed by atoms with E-state index in [9.17, 15) is 9.59 Å². The molecule has 6 heteroatoms. The van der Waals surface area contributed by atoms with Crippen LogP contribution < -0.4 is 9.47 Å². The van der Waals surface area contributed by atoms with E-state index in [4.69, 9.17) is 21.1 Å². The largest absolute Gasteiger partial charge is 0.497 e. The molecule has 0 radical (unpaired) electrons. The van der Waals surface area contributed by atoms with E-state index in [0.29, 0.717) is 27.2 Å². The second-order valence-corrected chi connectivity index (χ2v) is 5.84. The Morgan fingerprint density at radius 2 is 1.84 bits per heavy atom. The van der Waals surface area contributed by atoms with Gasteiger partial charge < -0.3 is 14.5 Å². The van der Waals surface area contributed by atoms with Gasteiger partial charge in [0.2, 0.25) is 5.78 Å². The van der Waals surface area contributed by atoms with Crippen LogP contribution in [0.2, 0.25) is 5.02 Å². The molecule has 5 nitrogen and oxygen atoms in total. The molecule has 0 amide bonds. The maximum absolute atomic E-state index is 12.9. The molecule has 0 aliphatic rings. The number of carbonyl (C=O) groups excluding carboxylic acids is 2. The first-order chi connectivity index (χ1) is 12.0. The van der Waals surface area contributed by atoms with Gasteiger partial charge in [-0.2, -0.15) is 0 Å². The fraction of sp³-hybridized carbons (Fsp3) is 0.158. The summed E-state index contributed by atoms with van der Waals surface area (Å²) >= 11 is 5.88. The summed E-state index contributed by atoms with van der Waals surface area (Å²) in [4.78, 5) is 27.7. The lowest BCUT2D eigenvalue weighted by atomic mass is 10.1. The van der Waals surface area contributed by atoms with Crippen LogP contribution in [0.3, 0.4) is 0 Å². The standard InChI is InChI=1S/C19H16ClNO4/c1-3-16(22)25-19-14-9-8-13(24-2)10-15(14)21-17(19)18(23)11-4-6-12(20)7-5-11/h4-10,21H,3H2,1-2H3. The smallest absolute Gasteiger partial charge is 0.310 e.